The minimum atomic E-state index is -1.00. The maximum Gasteiger partial charge on any atom is 0.271 e. The number of carbonyl (C=O) groups excluding carboxylic acids is 6. The number of nitrogens with one attached hydrogen (secondary N) is 3. The molecule has 0 radical (unpaired) electrons. The van der Waals surface area contributed by atoms with Gasteiger partial charge in [0.1, 0.15) is 38.7 Å². The van der Waals surface area contributed by atoms with Crippen molar-refractivity contribution in [1.29, 1.82) is 0 Å². The molecule has 0 aliphatic carbocycles. The van der Waals surface area contributed by atoms with Crippen LogP contribution in [0.1, 0.15) is 101 Å². The van der Waals surface area contributed by atoms with Crippen LogP contribution in [-0.4, -0.2) is 87.2 Å². The van der Waals surface area contributed by atoms with Gasteiger partial charge in [-0.2, -0.15) is 18.2 Å². The smallest absolute Gasteiger partial charge is 0.271 e. The Hall–Kier alpha value is -9.75. The monoisotopic (exact) mass is 1240 g/mol. The third kappa shape index (κ3) is 17.0. The van der Waals surface area contributed by atoms with Gasteiger partial charge in [0, 0.05) is 117 Å². The summed E-state index contributed by atoms with van der Waals surface area (Å²) in [4.78, 5) is 100. The highest BCUT2D eigenvalue weighted by atomic mass is 32.1. The van der Waals surface area contributed by atoms with Crippen LogP contribution in [0.15, 0.2) is 131 Å². The van der Waals surface area contributed by atoms with Crippen molar-refractivity contribution in [3.05, 3.63) is 200 Å². The van der Waals surface area contributed by atoms with Crippen molar-refractivity contribution in [2.75, 3.05) is 35.8 Å². The fourth-order valence-electron chi connectivity index (χ4n) is 8.42. The zero-order valence-electron chi connectivity index (χ0n) is 49.2. The van der Waals surface area contributed by atoms with Crippen LogP contribution in [-0.2, 0) is 38.8 Å². The highest BCUT2D eigenvalue weighted by Crippen LogP contribution is 2.31. The van der Waals surface area contributed by atoms with E-state index in [4.69, 9.17) is 0 Å². The van der Waals surface area contributed by atoms with Crippen LogP contribution in [0.5, 0.6) is 0 Å². The highest BCUT2D eigenvalue weighted by Gasteiger charge is 2.21. The Bertz CT molecular complexity index is 3780. The second-order valence-corrected chi connectivity index (χ2v) is 21.2. The number of pyridine rings is 3. The van der Waals surface area contributed by atoms with E-state index in [0.29, 0.717) is 57.5 Å². The minimum absolute atomic E-state index is 0.0311. The molecule has 88 heavy (non-hydrogen) atoms. The number of hydrogen-bond acceptors (Lipinski definition) is 14. The summed E-state index contributed by atoms with van der Waals surface area (Å²) in [5.74, 6) is -5.16. The third-order valence-electron chi connectivity index (χ3n) is 13.7. The maximum atomic E-state index is 14.5. The van der Waals surface area contributed by atoms with Gasteiger partial charge in [0.05, 0.1) is 17.1 Å². The molecule has 0 saturated heterocycles. The lowest BCUT2D eigenvalue weighted by atomic mass is 10.1. The van der Waals surface area contributed by atoms with E-state index >= 15 is 0 Å². The van der Waals surface area contributed by atoms with Gasteiger partial charge < -0.3 is 30.7 Å². The predicted molar refractivity (Wildman–Crippen MR) is 328 cm³/mol. The normalized spacial score (nSPS) is 11.4. The maximum absolute atomic E-state index is 14.5. The number of aryl methyl sites for hydroxylation is 2. The molecular formula is C63H61F5N12O6S2. The van der Waals surface area contributed by atoms with Crippen molar-refractivity contribution < 1.29 is 50.7 Å². The molecule has 18 nitrogen and oxygen atoms in total. The standard InChI is InChI=1S/C22H24N4O2.C21H20F2N4O2S.C20H17F3N4O2S/c1-4-21(27)26(3)18-9-7-16(8-10-18)19-11-12-20(25-19)22(28)24-14-17-6-5-13-23-15(17)2;1-4-19(28)27(3)17-7-5-13(9-15(17)22)21-26-16(11-30-21)20(29)24-10-14-6-8-18(23)25-12(14)2;1-3-17(28)27(2)15-6-4-11(8-13(15)21)20-25-14(10-30-20)19(29)24-9-12-5-7-16(22)26-18(12)23/h5-10,12-13H,4,11,14H2,1-3H3,(H,24,28);5-9,11H,4,10H2,1-3H3,(H,24,29);4-8,10H,3,9H2,1-2H3,(H,24,29). The van der Waals surface area contributed by atoms with Crippen LogP contribution < -0.4 is 30.7 Å². The van der Waals surface area contributed by atoms with Crippen molar-refractivity contribution in [3.63, 3.8) is 0 Å². The topological polar surface area (TPSA) is 225 Å². The largest absolute Gasteiger partial charge is 0.347 e. The van der Waals surface area contributed by atoms with Gasteiger partial charge in [0.2, 0.25) is 35.6 Å². The molecule has 0 unspecified atom stereocenters. The Kier molecular flexibility index (Phi) is 22.8. The van der Waals surface area contributed by atoms with Crippen LogP contribution in [0.25, 0.3) is 21.1 Å². The summed E-state index contributed by atoms with van der Waals surface area (Å²) >= 11 is 2.35. The number of aliphatic imine (C=N–C) groups is 1. The van der Waals surface area contributed by atoms with Gasteiger partial charge in [-0.25, -0.2) is 28.7 Å². The molecule has 5 aromatic heterocycles. The Morgan fingerprint density at radius 2 is 0.989 bits per heavy atom. The summed E-state index contributed by atoms with van der Waals surface area (Å²) in [6.45, 7) is 9.24. The summed E-state index contributed by atoms with van der Waals surface area (Å²) in [7, 11) is 4.78. The number of nitrogens with zero attached hydrogens (tertiary/aromatic N) is 9. The molecule has 8 aromatic rings. The minimum Gasteiger partial charge on any atom is -0.347 e. The van der Waals surface area contributed by atoms with Gasteiger partial charge in [-0.1, -0.05) is 45.0 Å². The van der Waals surface area contributed by atoms with Crippen LogP contribution in [0.4, 0.5) is 39.0 Å². The number of aromatic nitrogens is 5. The Morgan fingerprint density at radius 3 is 1.48 bits per heavy atom. The second kappa shape index (κ2) is 30.6. The SMILES string of the molecule is CCC(=O)N(C)c1ccc(-c2nc(C(=O)NCc3ccc(F)nc3C)cs2)cc1F.CCC(=O)N(C)c1ccc(-c2nc(C(=O)NCc3ccc(F)nc3F)cs2)cc1F.CCC(=O)N(C)c1ccc(C2=NC(C(=O)NCc3cccnc3C)=CC2)cc1. The second-order valence-electron chi connectivity index (χ2n) is 19.5. The predicted octanol–water partition coefficient (Wildman–Crippen LogP) is 11.2. The van der Waals surface area contributed by atoms with Gasteiger partial charge in [-0.3, -0.25) is 33.8 Å². The summed E-state index contributed by atoms with van der Waals surface area (Å²) in [5.41, 5.74) is 7.75. The zero-order valence-corrected chi connectivity index (χ0v) is 50.8. The van der Waals surface area contributed by atoms with Gasteiger partial charge in [-0.05, 0) is 109 Å². The molecule has 9 rings (SSSR count). The number of anilines is 3. The first-order valence-electron chi connectivity index (χ1n) is 27.5. The highest BCUT2D eigenvalue weighted by molar-refractivity contribution is 7.13. The Morgan fingerprint density at radius 1 is 0.523 bits per heavy atom. The number of allylic oxidation sites excluding steroid dienone is 1. The Labute approximate surface area is 512 Å². The average molecular weight is 1240 g/mol. The molecule has 3 N–H and O–H groups in total. The average Bonchev–Trinajstić information content (AvgIpc) is 4.38. The molecule has 456 valence electrons. The molecular weight excluding hydrogens is 1180 g/mol. The number of benzene rings is 3. The first kappa shape index (κ1) is 65.8. The lowest BCUT2D eigenvalue weighted by molar-refractivity contribution is -0.118. The van der Waals surface area contributed by atoms with E-state index in [1.165, 1.54) is 77.0 Å². The molecule has 0 spiro atoms. The quantitative estimate of drug-likeness (QED) is 0.0541. The number of hydrogen-bond donors (Lipinski definition) is 3. The molecule has 6 heterocycles. The van der Waals surface area contributed by atoms with Crippen molar-refractivity contribution in [3.8, 4) is 21.1 Å². The van der Waals surface area contributed by atoms with Crippen molar-refractivity contribution in [2.24, 2.45) is 4.99 Å². The van der Waals surface area contributed by atoms with E-state index in [1.807, 2.05) is 56.3 Å². The van der Waals surface area contributed by atoms with Gasteiger partial charge in [0.15, 0.2) is 0 Å². The third-order valence-corrected chi connectivity index (χ3v) is 15.5. The first-order valence-corrected chi connectivity index (χ1v) is 29.2. The number of halogens is 5. The van der Waals surface area contributed by atoms with Crippen LogP contribution in [0, 0.1) is 43.3 Å². The van der Waals surface area contributed by atoms with Crippen LogP contribution >= 0.6 is 22.7 Å². The number of thiazole rings is 2. The fourth-order valence-corrected chi connectivity index (χ4v) is 10.0. The lowest BCUT2D eigenvalue weighted by Gasteiger charge is -2.17. The summed E-state index contributed by atoms with van der Waals surface area (Å²) in [5, 5.41) is 12.1. The molecule has 0 fully saturated rings. The van der Waals surface area contributed by atoms with Crippen molar-refractivity contribution in [1.82, 2.24) is 40.9 Å². The molecule has 1 aliphatic rings. The number of carbonyl (C=O) groups is 6. The number of amides is 6. The lowest BCUT2D eigenvalue weighted by Crippen LogP contribution is -2.26. The Balaban J connectivity index is 0.000000188. The van der Waals surface area contributed by atoms with E-state index < -0.39 is 41.3 Å². The van der Waals surface area contributed by atoms with Gasteiger partial charge in [-0.15, -0.1) is 22.7 Å². The van der Waals surface area contributed by atoms with Crippen molar-refractivity contribution >= 4 is 80.9 Å². The van der Waals surface area contributed by atoms with E-state index in [9.17, 15) is 50.7 Å². The van der Waals surface area contributed by atoms with E-state index in [0.717, 1.165) is 45.6 Å². The molecule has 0 saturated carbocycles. The molecule has 25 heteroatoms. The molecule has 0 bridgehead atoms. The van der Waals surface area contributed by atoms with Gasteiger partial charge >= 0.3 is 0 Å². The fraction of sp³-hybridized carbons (Fsp3) is 0.238. The molecule has 6 amide bonds. The van der Waals surface area contributed by atoms with Crippen LogP contribution in [0.2, 0.25) is 0 Å². The van der Waals surface area contributed by atoms with Crippen LogP contribution in [0.3, 0.4) is 0 Å². The number of rotatable bonds is 18. The molecule has 0 atom stereocenters. The van der Waals surface area contributed by atoms with Gasteiger partial charge in [0.25, 0.3) is 17.7 Å². The summed E-state index contributed by atoms with van der Waals surface area (Å²) in [6, 6.07) is 25.2. The van der Waals surface area contributed by atoms with E-state index in [-0.39, 0.29) is 77.9 Å². The molecule has 1 aliphatic heterocycles. The first-order chi connectivity index (χ1) is 42.1. The van der Waals surface area contributed by atoms with Crippen molar-refractivity contribution in [2.45, 2.75) is 79.9 Å². The van der Waals surface area contributed by atoms with E-state index in [1.54, 1.807) is 62.5 Å². The summed E-state index contributed by atoms with van der Waals surface area (Å²) < 4.78 is 68.4. The zero-order chi connectivity index (χ0) is 63.8. The van der Waals surface area contributed by atoms with E-state index in [2.05, 4.69) is 45.9 Å². The summed E-state index contributed by atoms with van der Waals surface area (Å²) in [6.07, 6.45) is 5.17. The molecule has 3 aromatic carbocycles.